The van der Waals surface area contributed by atoms with Crippen LogP contribution in [0.1, 0.15) is 11.3 Å². The molecule has 0 saturated heterocycles. The highest BCUT2D eigenvalue weighted by atomic mass is 16.5. The van der Waals surface area contributed by atoms with Gasteiger partial charge in [0, 0.05) is 18.0 Å². The second-order valence-corrected chi connectivity index (χ2v) is 3.88. The summed E-state index contributed by atoms with van der Waals surface area (Å²) in [5.41, 5.74) is 2.18. The summed E-state index contributed by atoms with van der Waals surface area (Å²) in [5, 5.41) is 0. The Morgan fingerprint density at radius 3 is 2.61 bits per heavy atom. The fraction of sp³-hybridized carbons (Fsp3) is 0.286. The fourth-order valence-electron chi connectivity index (χ4n) is 1.79. The second-order valence-electron chi connectivity index (χ2n) is 3.88. The van der Waals surface area contributed by atoms with Gasteiger partial charge in [0.05, 0.1) is 14.2 Å². The van der Waals surface area contributed by atoms with Gasteiger partial charge in [0.25, 0.3) is 0 Å². The molecule has 0 amide bonds. The van der Waals surface area contributed by atoms with Crippen LogP contribution in [-0.2, 0) is 12.8 Å². The predicted octanol–water partition coefficient (Wildman–Crippen LogP) is 2.28. The van der Waals surface area contributed by atoms with Crippen molar-refractivity contribution < 1.29 is 9.47 Å². The van der Waals surface area contributed by atoms with E-state index in [1.54, 1.807) is 26.7 Å². The average molecular weight is 244 g/mol. The maximum Gasteiger partial charge on any atom is 0.125 e. The van der Waals surface area contributed by atoms with E-state index in [4.69, 9.17) is 9.47 Å². The van der Waals surface area contributed by atoms with Crippen LogP contribution in [0.15, 0.2) is 36.8 Å². The Balaban J connectivity index is 2.09. The number of benzene rings is 1. The lowest BCUT2D eigenvalue weighted by Gasteiger charge is -2.10. The van der Waals surface area contributed by atoms with Gasteiger partial charge in [0.2, 0.25) is 0 Å². The fourth-order valence-corrected chi connectivity index (χ4v) is 1.79. The lowest BCUT2D eigenvalue weighted by atomic mass is 10.1. The van der Waals surface area contributed by atoms with Gasteiger partial charge in [-0.3, -0.25) is 0 Å². The van der Waals surface area contributed by atoms with Crippen LogP contribution in [-0.4, -0.2) is 24.2 Å². The first-order valence-corrected chi connectivity index (χ1v) is 5.79. The number of hydrogen-bond donors (Lipinski definition) is 0. The van der Waals surface area contributed by atoms with Crippen LogP contribution in [0.4, 0.5) is 0 Å². The Labute approximate surface area is 107 Å². The minimum absolute atomic E-state index is 0.803. The van der Waals surface area contributed by atoms with E-state index in [0.717, 1.165) is 35.6 Å². The molecule has 1 aromatic heterocycles. The van der Waals surface area contributed by atoms with Crippen molar-refractivity contribution in [2.45, 2.75) is 12.8 Å². The van der Waals surface area contributed by atoms with E-state index in [1.165, 1.54) is 0 Å². The van der Waals surface area contributed by atoms with Gasteiger partial charge in [0.15, 0.2) is 0 Å². The summed E-state index contributed by atoms with van der Waals surface area (Å²) in [7, 11) is 3.32. The van der Waals surface area contributed by atoms with Gasteiger partial charge in [-0.15, -0.1) is 0 Å². The molecule has 2 rings (SSSR count). The van der Waals surface area contributed by atoms with Gasteiger partial charge in [-0.2, -0.15) is 0 Å². The first kappa shape index (κ1) is 12.4. The largest absolute Gasteiger partial charge is 0.497 e. The summed E-state index contributed by atoms with van der Waals surface area (Å²) >= 11 is 0. The first-order valence-electron chi connectivity index (χ1n) is 5.79. The molecule has 0 unspecified atom stereocenters. The topological polar surface area (TPSA) is 44.2 Å². The Morgan fingerprint density at radius 1 is 1.06 bits per heavy atom. The normalized spacial score (nSPS) is 10.1. The molecule has 0 saturated carbocycles. The Morgan fingerprint density at radius 2 is 1.94 bits per heavy atom. The molecular formula is C14H16N2O2. The quantitative estimate of drug-likeness (QED) is 0.809. The van der Waals surface area contributed by atoms with Crippen molar-refractivity contribution in [2.24, 2.45) is 0 Å². The van der Waals surface area contributed by atoms with Crippen molar-refractivity contribution in [3.8, 4) is 11.5 Å². The van der Waals surface area contributed by atoms with Crippen LogP contribution in [0.2, 0.25) is 0 Å². The van der Waals surface area contributed by atoms with E-state index in [2.05, 4.69) is 9.97 Å². The Kier molecular flexibility index (Phi) is 4.12. The molecule has 0 aliphatic carbocycles. The smallest absolute Gasteiger partial charge is 0.125 e. The molecule has 4 heteroatoms. The van der Waals surface area contributed by atoms with Crippen LogP contribution < -0.4 is 9.47 Å². The summed E-state index contributed by atoms with van der Waals surface area (Å²) in [6.45, 7) is 0. The summed E-state index contributed by atoms with van der Waals surface area (Å²) in [5.74, 6) is 1.65. The molecule has 1 heterocycles. The molecule has 4 nitrogen and oxygen atoms in total. The van der Waals surface area contributed by atoms with Crippen LogP contribution in [0.3, 0.4) is 0 Å². The predicted molar refractivity (Wildman–Crippen MR) is 69.0 cm³/mol. The number of nitrogens with zero attached hydrogens (tertiary/aromatic N) is 2. The highest BCUT2D eigenvalue weighted by Gasteiger charge is 2.05. The van der Waals surface area contributed by atoms with Crippen LogP contribution >= 0.6 is 0 Å². The maximum atomic E-state index is 5.36. The number of aromatic nitrogens is 2. The van der Waals surface area contributed by atoms with Gasteiger partial charge in [-0.25, -0.2) is 9.97 Å². The minimum atomic E-state index is 0.803. The van der Waals surface area contributed by atoms with Crippen LogP contribution in [0, 0.1) is 0 Å². The van der Waals surface area contributed by atoms with Crippen molar-refractivity contribution in [3.63, 3.8) is 0 Å². The summed E-state index contributed by atoms with van der Waals surface area (Å²) in [6, 6.07) is 7.79. The van der Waals surface area contributed by atoms with E-state index < -0.39 is 0 Å². The molecule has 0 aliphatic heterocycles. The van der Waals surface area contributed by atoms with Crippen molar-refractivity contribution >= 4 is 0 Å². The number of ether oxygens (including phenoxy) is 2. The van der Waals surface area contributed by atoms with E-state index in [-0.39, 0.29) is 0 Å². The van der Waals surface area contributed by atoms with E-state index in [1.807, 2.05) is 24.3 Å². The molecule has 0 N–H and O–H groups in total. The third kappa shape index (κ3) is 2.97. The molecule has 18 heavy (non-hydrogen) atoms. The van der Waals surface area contributed by atoms with Gasteiger partial charge in [-0.1, -0.05) is 6.07 Å². The summed E-state index contributed by atoms with van der Waals surface area (Å²) in [6.07, 6.45) is 5.07. The third-order valence-corrected chi connectivity index (χ3v) is 2.79. The monoisotopic (exact) mass is 244 g/mol. The molecule has 94 valence electrons. The standard InChI is InChI=1S/C14H16N2O2/c1-17-13-6-4-11(14(9-13)18-2)3-5-12-7-8-15-10-16-12/h4,6-10H,3,5H2,1-2H3. The number of methoxy groups -OCH3 is 2. The highest BCUT2D eigenvalue weighted by Crippen LogP contribution is 2.25. The van der Waals surface area contributed by atoms with Gasteiger partial charge in [-0.05, 0) is 30.5 Å². The van der Waals surface area contributed by atoms with Crippen LogP contribution in [0.5, 0.6) is 11.5 Å². The molecule has 1 aromatic carbocycles. The van der Waals surface area contributed by atoms with Crippen molar-refractivity contribution in [2.75, 3.05) is 14.2 Å². The van der Waals surface area contributed by atoms with E-state index in [0.29, 0.717) is 0 Å². The zero-order valence-electron chi connectivity index (χ0n) is 10.6. The second kappa shape index (κ2) is 6.00. The van der Waals surface area contributed by atoms with E-state index in [9.17, 15) is 0 Å². The highest BCUT2D eigenvalue weighted by molar-refractivity contribution is 5.41. The Hall–Kier alpha value is -2.10. The molecule has 0 radical (unpaired) electrons. The molecule has 2 aromatic rings. The molecule has 0 fully saturated rings. The van der Waals surface area contributed by atoms with Crippen LogP contribution in [0.25, 0.3) is 0 Å². The number of rotatable bonds is 5. The molecule has 0 atom stereocenters. The SMILES string of the molecule is COc1ccc(CCc2ccncn2)c(OC)c1. The average Bonchev–Trinajstić information content (AvgIpc) is 2.46. The summed E-state index contributed by atoms with van der Waals surface area (Å²) in [4.78, 5) is 8.11. The lowest BCUT2D eigenvalue weighted by Crippen LogP contribution is -1.98. The molecule has 0 bridgehead atoms. The van der Waals surface area contributed by atoms with Gasteiger partial charge < -0.3 is 9.47 Å². The van der Waals surface area contributed by atoms with Crippen molar-refractivity contribution in [1.82, 2.24) is 9.97 Å². The third-order valence-electron chi connectivity index (χ3n) is 2.79. The van der Waals surface area contributed by atoms with E-state index >= 15 is 0 Å². The Bertz CT molecular complexity index is 500. The zero-order chi connectivity index (χ0) is 12.8. The molecular weight excluding hydrogens is 228 g/mol. The lowest BCUT2D eigenvalue weighted by molar-refractivity contribution is 0.391. The minimum Gasteiger partial charge on any atom is -0.497 e. The number of aryl methyl sites for hydroxylation is 2. The molecule has 0 aliphatic rings. The number of hydrogen-bond acceptors (Lipinski definition) is 4. The maximum absolute atomic E-state index is 5.36. The first-order chi connectivity index (χ1) is 8.83. The zero-order valence-corrected chi connectivity index (χ0v) is 10.6. The summed E-state index contributed by atoms with van der Waals surface area (Å²) < 4.78 is 10.5. The molecule has 0 spiro atoms. The van der Waals surface area contributed by atoms with Gasteiger partial charge in [0.1, 0.15) is 17.8 Å². The van der Waals surface area contributed by atoms with Crippen molar-refractivity contribution in [1.29, 1.82) is 0 Å². The van der Waals surface area contributed by atoms with Gasteiger partial charge >= 0.3 is 0 Å². The van der Waals surface area contributed by atoms with Crippen molar-refractivity contribution in [3.05, 3.63) is 48.0 Å².